The van der Waals surface area contributed by atoms with Gasteiger partial charge in [0.15, 0.2) is 6.29 Å². The number of halogens is 1. The summed E-state index contributed by atoms with van der Waals surface area (Å²) in [7, 11) is 0. The zero-order chi connectivity index (χ0) is 22.0. The van der Waals surface area contributed by atoms with Crippen molar-refractivity contribution >= 4 is 16.9 Å². The van der Waals surface area contributed by atoms with Crippen LogP contribution in [-0.4, -0.2) is 34.5 Å². The van der Waals surface area contributed by atoms with Crippen molar-refractivity contribution in [2.45, 2.75) is 45.5 Å². The normalized spacial score (nSPS) is 18.7. The highest BCUT2D eigenvalue weighted by Crippen LogP contribution is 2.24. The zero-order valence-electron chi connectivity index (χ0n) is 17.3. The molecule has 7 nitrogen and oxygen atoms in total. The number of fused-ring (bicyclic) bond motifs is 1. The summed E-state index contributed by atoms with van der Waals surface area (Å²) in [5, 5.41) is 0.223. The molecular weight excluding hydrogens is 403 g/mol. The topological polar surface area (TPSA) is 79.7 Å². The molecule has 1 saturated heterocycles. The first-order chi connectivity index (χ1) is 14.9. The molecule has 0 aliphatic carbocycles. The molecule has 0 saturated carbocycles. The third-order valence-corrected chi connectivity index (χ3v) is 5.16. The Labute approximate surface area is 178 Å². The van der Waals surface area contributed by atoms with E-state index in [0.29, 0.717) is 17.3 Å². The van der Waals surface area contributed by atoms with Crippen molar-refractivity contribution < 1.29 is 23.4 Å². The Balaban J connectivity index is 1.51. The monoisotopic (exact) mass is 426 g/mol. The molecule has 0 unspecified atom stereocenters. The number of aromatic nitrogens is 2. The van der Waals surface area contributed by atoms with Crippen LogP contribution < -0.4 is 10.3 Å². The Hall–Kier alpha value is -3.26. The van der Waals surface area contributed by atoms with Crippen molar-refractivity contribution in [1.82, 2.24) is 9.55 Å². The van der Waals surface area contributed by atoms with Gasteiger partial charge in [0.1, 0.15) is 29.5 Å². The number of esters is 1. The predicted molar refractivity (Wildman–Crippen MR) is 112 cm³/mol. The summed E-state index contributed by atoms with van der Waals surface area (Å²) in [6.45, 7) is 3.25. The van der Waals surface area contributed by atoms with E-state index >= 15 is 0 Å². The Morgan fingerprint density at radius 2 is 2.00 bits per heavy atom. The van der Waals surface area contributed by atoms with E-state index < -0.39 is 12.1 Å². The van der Waals surface area contributed by atoms with Gasteiger partial charge < -0.3 is 14.2 Å². The second-order valence-corrected chi connectivity index (χ2v) is 7.47. The van der Waals surface area contributed by atoms with E-state index in [-0.39, 0.29) is 35.1 Å². The van der Waals surface area contributed by atoms with Gasteiger partial charge in [-0.3, -0.25) is 14.2 Å². The Bertz CT molecular complexity index is 1160. The molecular formula is C23H23FN2O5. The van der Waals surface area contributed by atoms with Gasteiger partial charge in [0.25, 0.3) is 5.56 Å². The minimum Gasteiger partial charge on any atom is -0.465 e. The number of carbonyl (C=O) groups excluding carboxylic acids is 1. The van der Waals surface area contributed by atoms with E-state index in [4.69, 9.17) is 14.2 Å². The molecule has 2 heterocycles. The van der Waals surface area contributed by atoms with Crippen molar-refractivity contribution in [1.29, 1.82) is 0 Å². The molecule has 162 valence electrons. The summed E-state index contributed by atoms with van der Waals surface area (Å²) in [4.78, 5) is 28.2. The average Bonchev–Trinajstić information content (AvgIpc) is 2.75. The number of nitrogens with zero attached hydrogens (tertiary/aromatic N) is 2. The maximum absolute atomic E-state index is 14.0. The van der Waals surface area contributed by atoms with Gasteiger partial charge in [0.2, 0.25) is 0 Å². The summed E-state index contributed by atoms with van der Waals surface area (Å²) in [5.41, 5.74) is 0.337. The van der Waals surface area contributed by atoms with Crippen LogP contribution >= 0.6 is 0 Å². The van der Waals surface area contributed by atoms with E-state index in [1.165, 1.54) is 23.6 Å². The van der Waals surface area contributed by atoms with Crippen LogP contribution in [0.5, 0.6) is 5.75 Å². The molecule has 8 heteroatoms. The van der Waals surface area contributed by atoms with E-state index in [0.717, 1.165) is 19.3 Å². The van der Waals surface area contributed by atoms with Gasteiger partial charge in [-0.05, 0) is 56.2 Å². The molecule has 1 fully saturated rings. The highest BCUT2D eigenvalue weighted by Gasteiger charge is 2.24. The van der Waals surface area contributed by atoms with Gasteiger partial charge in [-0.2, -0.15) is 0 Å². The minimum atomic E-state index is -0.520. The molecule has 31 heavy (non-hydrogen) atoms. The molecule has 1 aliphatic heterocycles. The smallest absolute Gasteiger partial charge is 0.302 e. The standard InChI is InChI=1S/C23H23FN2O5/c1-14-25-22-19(6-4-7-20(22)24)23(28)26(14)16-9-11-17(12-10-16)30-21-8-3-5-18(31-21)13-29-15(2)27/h4,6-7,9-12,18,21H,3,5,8,13H2,1-2H3/t18-,21+/m0/s1. The Kier molecular flexibility index (Phi) is 5.99. The first kappa shape index (κ1) is 21.0. The molecule has 4 rings (SSSR count). The number of rotatable bonds is 5. The fraction of sp³-hybridized carbons (Fsp3) is 0.348. The largest absolute Gasteiger partial charge is 0.465 e. The van der Waals surface area contributed by atoms with Crippen molar-refractivity contribution in [2.24, 2.45) is 0 Å². The van der Waals surface area contributed by atoms with Crippen LogP contribution in [0.2, 0.25) is 0 Å². The molecule has 0 N–H and O–H groups in total. The van der Waals surface area contributed by atoms with Gasteiger partial charge in [0.05, 0.1) is 17.2 Å². The van der Waals surface area contributed by atoms with Crippen molar-refractivity contribution in [2.75, 3.05) is 6.61 Å². The third kappa shape index (κ3) is 4.59. The number of para-hydroxylation sites is 1. The Morgan fingerprint density at radius 3 is 2.74 bits per heavy atom. The summed E-state index contributed by atoms with van der Waals surface area (Å²) in [5.74, 6) is 0.124. The third-order valence-electron chi connectivity index (χ3n) is 5.16. The van der Waals surface area contributed by atoms with Crippen LogP contribution in [0.1, 0.15) is 32.0 Å². The molecule has 2 aromatic carbocycles. The molecule has 2 atom stereocenters. The molecule has 0 amide bonds. The van der Waals surface area contributed by atoms with Crippen LogP contribution in [0, 0.1) is 12.7 Å². The van der Waals surface area contributed by atoms with Gasteiger partial charge in [-0.15, -0.1) is 0 Å². The first-order valence-electron chi connectivity index (χ1n) is 10.2. The maximum Gasteiger partial charge on any atom is 0.302 e. The lowest BCUT2D eigenvalue weighted by Crippen LogP contribution is -2.34. The molecule has 1 aliphatic rings. The lowest BCUT2D eigenvalue weighted by molar-refractivity contribution is -0.172. The van der Waals surface area contributed by atoms with Crippen LogP contribution in [0.4, 0.5) is 4.39 Å². The lowest BCUT2D eigenvalue weighted by Gasteiger charge is -2.29. The summed E-state index contributed by atoms with van der Waals surface area (Å²) >= 11 is 0. The molecule has 1 aromatic heterocycles. The number of hydrogen-bond donors (Lipinski definition) is 0. The Morgan fingerprint density at radius 1 is 1.23 bits per heavy atom. The van der Waals surface area contributed by atoms with Gasteiger partial charge in [0, 0.05) is 13.3 Å². The molecule has 0 bridgehead atoms. The second-order valence-electron chi connectivity index (χ2n) is 7.47. The van der Waals surface area contributed by atoms with Gasteiger partial charge in [-0.1, -0.05) is 6.07 Å². The SMILES string of the molecule is CC(=O)OC[C@@H]1CCC[C@H](Oc2ccc(-n3c(C)nc4c(F)cccc4c3=O)cc2)O1. The van der Waals surface area contributed by atoms with Gasteiger partial charge in [-0.25, -0.2) is 9.37 Å². The fourth-order valence-electron chi connectivity index (χ4n) is 3.69. The number of aryl methyl sites for hydroxylation is 1. The number of ether oxygens (including phenoxy) is 3. The minimum absolute atomic E-state index is 0.0685. The van der Waals surface area contributed by atoms with Gasteiger partial charge >= 0.3 is 5.97 Å². The summed E-state index contributed by atoms with van der Waals surface area (Å²) < 4.78 is 32.2. The molecule has 0 radical (unpaired) electrons. The van der Waals surface area contributed by atoms with E-state index in [1.807, 2.05) is 0 Å². The highest BCUT2D eigenvalue weighted by atomic mass is 19.1. The summed E-state index contributed by atoms with van der Waals surface area (Å²) in [6.07, 6.45) is 1.82. The van der Waals surface area contributed by atoms with Crippen LogP contribution in [-0.2, 0) is 14.3 Å². The van der Waals surface area contributed by atoms with Crippen LogP contribution in [0.25, 0.3) is 16.6 Å². The number of benzene rings is 2. The highest BCUT2D eigenvalue weighted by molar-refractivity contribution is 5.78. The molecule has 3 aromatic rings. The van der Waals surface area contributed by atoms with E-state index in [1.54, 1.807) is 37.3 Å². The molecule has 0 spiro atoms. The average molecular weight is 426 g/mol. The number of hydrogen-bond acceptors (Lipinski definition) is 6. The first-order valence-corrected chi connectivity index (χ1v) is 10.2. The quantitative estimate of drug-likeness (QED) is 0.579. The van der Waals surface area contributed by atoms with Crippen LogP contribution in [0.3, 0.4) is 0 Å². The van der Waals surface area contributed by atoms with Crippen LogP contribution in [0.15, 0.2) is 47.3 Å². The van der Waals surface area contributed by atoms with Crippen molar-refractivity contribution in [3.63, 3.8) is 0 Å². The lowest BCUT2D eigenvalue weighted by atomic mass is 10.1. The maximum atomic E-state index is 14.0. The summed E-state index contributed by atoms with van der Waals surface area (Å²) in [6, 6.07) is 11.3. The van der Waals surface area contributed by atoms with E-state index in [9.17, 15) is 14.0 Å². The fourth-order valence-corrected chi connectivity index (χ4v) is 3.69. The second kappa shape index (κ2) is 8.85. The van der Waals surface area contributed by atoms with Crippen molar-refractivity contribution in [3.8, 4) is 11.4 Å². The van der Waals surface area contributed by atoms with Crippen molar-refractivity contribution in [3.05, 3.63) is 64.5 Å². The predicted octanol–water partition coefficient (Wildman–Crippen LogP) is 3.67. The zero-order valence-corrected chi connectivity index (χ0v) is 17.3. The van der Waals surface area contributed by atoms with E-state index in [2.05, 4.69) is 4.98 Å². The number of carbonyl (C=O) groups is 1.